The topological polar surface area (TPSA) is 42.5 Å². The lowest BCUT2D eigenvalue weighted by Gasteiger charge is -2.15. The van der Waals surface area contributed by atoms with Crippen molar-refractivity contribution in [2.24, 2.45) is 0 Å². The van der Waals surface area contributed by atoms with Gasteiger partial charge in [-0.15, -0.1) is 0 Å². The van der Waals surface area contributed by atoms with Crippen molar-refractivity contribution in [2.75, 3.05) is 24.9 Å². The molecule has 0 saturated heterocycles. The number of methoxy groups -OCH3 is 2. The standard InChI is InChI=1S/C17H19BrN2O2S/c1-4-11-7-12(18)5-6-16(11)20-17(23)19-13-8-14(21-2)10-15(9-13)22-3/h5-10H,4H2,1-3H3,(H2,19,20,23). The Labute approximate surface area is 150 Å². The molecule has 0 aliphatic heterocycles. The summed E-state index contributed by atoms with van der Waals surface area (Å²) >= 11 is 8.89. The Hall–Kier alpha value is -1.79. The fourth-order valence-corrected chi connectivity index (χ4v) is 2.78. The largest absolute Gasteiger partial charge is 0.497 e. The molecule has 6 heteroatoms. The van der Waals surface area contributed by atoms with E-state index < -0.39 is 0 Å². The van der Waals surface area contributed by atoms with Crippen LogP contribution in [0.5, 0.6) is 11.5 Å². The normalized spacial score (nSPS) is 10.1. The second-order valence-corrected chi connectivity index (χ2v) is 6.16. The zero-order valence-electron chi connectivity index (χ0n) is 13.3. The van der Waals surface area contributed by atoms with Crippen molar-refractivity contribution in [3.05, 3.63) is 46.4 Å². The molecule has 0 bridgehead atoms. The molecule has 0 atom stereocenters. The van der Waals surface area contributed by atoms with Gasteiger partial charge in [-0.25, -0.2) is 0 Å². The Morgan fingerprint density at radius 1 is 1.04 bits per heavy atom. The van der Waals surface area contributed by atoms with E-state index in [-0.39, 0.29) is 0 Å². The van der Waals surface area contributed by atoms with Crippen molar-refractivity contribution >= 4 is 44.6 Å². The van der Waals surface area contributed by atoms with Crippen molar-refractivity contribution < 1.29 is 9.47 Å². The number of halogens is 1. The third kappa shape index (κ3) is 4.84. The molecule has 2 rings (SSSR count). The Kier molecular flexibility index (Phi) is 6.24. The number of nitrogens with one attached hydrogen (secondary N) is 2. The number of rotatable bonds is 5. The first kappa shape index (κ1) is 17.6. The lowest BCUT2D eigenvalue weighted by molar-refractivity contribution is 0.395. The van der Waals surface area contributed by atoms with E-state index >= 15 is 0 Å². The summed E-state index contributed by atoms with van der Waals surface area (Å²) in [6.45, 7) is 2.11. The highest BCUT2D eigenvalue weighted by molar-refractivity contribution is 9.10. The van der Waals surface area contributed by atoms with Crippen LogP contribution in [-0.2, 0) is 6.42 Å². The van der Waals surface area contributed by atoms with E-state index in [1.165, 1.54) is 5.56 Å². The molecule has 23 heavy (non-hydrogen) atoms. The van der Waals surface area contributed by atoms with Crippen molar-refractivity contribution in [1.82, 2.24) is 0 Å². The van der Waals surface area contributed by atoms with E-state index in [0.717, 1.165) is 22.3 Å². The van der Waals surface area contributed by atoms with Gasteiger partial charge >= 0.3 is 0 Å². The van der Waals surface area contributed by atoms with Gasteiger partial charge < -0.3 is 20.1 Å². The number of aryl methyl sites for hydroxylation is 1. The molecule has 0 spiro atoms. The quantitative estimate of drug-likeness (QED) is 0.710. The average Bonchev–Trinajstić information content (AvgIpc) is 2.55. The van der Waals surface area contributed by atoms with E-state index in [9.17, 15) is 0 Å². The molecule has 0 aromatic heterocycles. The molecule has 0 aliphatic rings. The number of benzene rings is 2. The van der Waals surface area contributed by atoms with Gasteiger partial charge in [0.15, 0.2) is 5.11 Å². The molecule has 0 radical (unpaired) electrons. The Morgan fingerprint density at radius 2 is 1.70 bits per heavy atom. The molecule has 0 fully saturated rings. The highest BCUT2D eigenvalue weighted by atomic mass is 79.9. The minimum absolute atomic E-state index is 0.511. The second kappa shape index (κ2) is 8.17. The first-order chi connectivity index (χ1) is 11.0. The highest BCUT2D eigenvalue weighted by Gasteiger charge is 2.06. The van der Waals surface area contributed by atoms with E-state index in [2.05, 4.69) is 39.6 Å². The summed E-state index contributed by atoms with van der Waals surface area (Å²) in [4.78, 5) is 0. The van der Waals surface area contributed by atoms with E-state index in [0.29, 0.717) is 16.6 Å². The maximum Gasteiger partial charge on any atom is 0.175 e. The van der Waals surface area contributed by atoms with Crippen LogP contribution < -0.4 is 20.1 Å². The maximum atomic E-state index is 5.40. The van der Waals surface area contributed by atoms with Crippen LogP contribution >= 0.6 is 28.1 Å². The van der Waals surface area contributed by atoms with Crippen LogP contribution in [0.2, 0.25) is 0 Å². The number of hydrogen-bond donors (Lipinski definition) is 2. The number of hydrogen-bond acceptors (Lipinski definition) is 3. The Morgan fingerprint density at radius 3 is 2.26 bits per heavy atom. The van der Waals surface area contributed by atoms with Gasteiger partial charge in [0.1, 0.15) is 11.5 Å². The highest BCUT2D eigenvalue weighted by Crippen LogP contribution is 2.26. The second-order valence-electron chi connectivity index (χ2n) is 4.84. The lowest BCUT2D eigenvalue weighted by atomic mass is 10.1. The summed E-state index contributed by atoms with van der Waals surface area (Å²) < 4.78 is 11.6. The molecule has 2 N–H and O–H groups in total. The molecule has 0 heterocycles. The fourth-order valence-electron chi connectivity index (χ4n) is 2.14. The molecule has 2 aromatic carbocycles. The summed E-state index contributed by atoms with van der Waals surface area (Å²) in [5.41, 5.74) is 2.98. The molecule has 0 saturated carbocycles. The molecule has 0 amide bonds. The molecular formula is C17H19BrN2O2S. The lowest BCUT2D eigenvalue weighted by Crippen LogP contribution is -2.20. The van der Waals surface area contributed by atoms with E-state index in [1.54, 1.807) is 14.2 Å². The predicted molar refractivity (Wildman–Crippen MR) is 103 cm³/mol. The van der Waals surface area contributed by atoms with Gasteiger partial charge in [-0.1, -0.05) is 22.9 Å². The van der Waals surface area contributed by atoms with Crippen molar-refractivity contribution in [2.45, 2.75) is 13.3 Å². The van der Waals surface area contributed by atoms with Crippen LogP contribution in [0.4, 0.5) is 11.4 Å². The SMILES string of the molecule is CCc1cc(Br)ccc1NC(=S)Nc1cc(OC)cc(OC)c1. The van der Waals surface area contributed by atoms with Gasteiger partial charge in [0.25, 0.3) is 0 Å². The summed E-state index contributed by atoms with van der Waals surface area (Å²) in [5, 5.41) is 6.90. The zero-order valence-corrected chi connectivity index (χ0v) is 15.7. The van der Waals surface area contributed by atoms with Crippen LogP contribution in [0, 0.1) is 0 Å². The van der Waals surface area contributed by atoms with Gasteiger partial charge in [0, 0.05) is 34.0 Å². The van der Waals surface area contributed by atoms with Crippen molar-refractivity contribution in [3.63, 3.8) is 0 Å². The number of anilines is 2. The smallest absolute Gasteiger partial charge is 0.175 e. The fraction of sp³-hybridized carbons (Fsp3) is 0.235. The Balaban J connectivity index is 2.14. The molecule has 122 valence electrons. The Bertz CT molecular complexity index is 685. The number of ether oxygens (including phenoxy) is 2. The first-order valence-electron chi connectivity index (χ1n) is 7.15. The van der Waals surface area contributed by atoms with Crippen molar-refractivity contribution in [3.8, 4) is 11.5 Å². The van der Waals surface area contributed by atoms with Crippen LogP contribution in [-0.4, -0.2) is 19.3 Å². The van der Waals surface area contributed by atoms with Gasteiger partial charge in [0.2, 0.25) is 0 Å². The average molecular weight is 395 g/mol. The monoisotopic (exact) mass is 394 g/mol. The minimum Gasteiger partial charge on any atom is -0.497 e. The van der Waals surface area contributed by atoms with E-state index in [4.69, 9.17) is 21.7 Å². The molecule has 0 aliphatic carbocycles. The van der Waals surface area contributed by atoms with Crippen LogP contribution in [0.1, 0.15) is 12.5 Å². The third-order valence-corrected chi connectivity index (χ3v) is 4.00. The summed E-state index contributed by atoms with van der Waals surface area (Å²) in [6.07, 6.45) is 0.914. The van der Waals surface area contributed by atoms with Crippen molar-refractivity contribution in [1.29, 1.82) is 0 Å². The van der Waals surface area contributed by atoms with Gasteiger partial charge in [-0.3, -0.25) is 0 Å². The van der Waals surface area contributed by atoms with E-state index in [1.807, 2.05) is 30.3 Å². The molecule has 4 nitrogen and oxygen atoms in total. The third-order valence-electron chi connectivity index (χ3n) is 3.31. The maximum absolute atomic E-state index is 5.40. The van der Waals surface area contributed by atoms with Gasteiger partial charge in [-0.2, -0.15) is 0 Å². The van der Waals surface area contributed by atoms with Gasteiger partial charge in [-0.05, 0) is 42.4 Å². The van der Waals surface area contributed by atoms with Crippen LogP contribution in [0.25, 0.3) is 0 Å². The van der Waals surface area contributed by atoms with Gasteiger partial charge in [0.05, 0.1) is 14.2 Å². The molecule has 0 unspecified atom stereocenters. The summed E-state index contributed by atoms with van der Waals surface area (Å²) in [6, 6.07) is 11.6. The molecule has 2 aromatic rings. The predicted octanol–water partition coefficient (Wildman–Crippen LogP) is 4.84. The summed E-state index contributed by atoms with van der Waals surface area (Å²) in [7, 11) is 3.23. The minimum atomic E-state index is 0.511. The van der Waals surface area contributed by atoms with Crippen LogP contribution in [0.3, 0.4) is 0 Å². The summed E-state index contributed by atoms with van der Waals surface area (Å²) in [5.74, 6) is 1.40. The number of thiocarbonyl (C=S) groups is 1. The molecular weight excluding hydrogens is 376 g/mol. The zero-order chi connectivity index (χ0) is 16.8. The first-order valence-corrected chi connectivity index (χ1v) is 8.35. The van der Waals surface area contributed by atoms with Crippen LogP contribution in [0.15, 0.2) is 40.9 Å².